The first-order valence-corrected chi connectivity index (χ1v) is 5.36. The highest BCUT2D eigenvalue weighted by Crippen LogP contribution is 2.15. The van der Waals surface area contributed by atoms with Crippen molar-refractivity contribution in [3.05, 3.63) is 53.7 Å². The van der Waals surface area contributed by atoms with Crippen LogP contribution in [0.15, 0.2) is 40.8 Å². The standard InChI is InChI=1S/C13H12FNO3/c1-17-13(16)12-7-6-9(18-12)8-15-11-5-3-2-4-10(11)14/h2-7,15H,8H2,1H3. The van der Waals surface area contributed by atoms with E-state index in [1.807, 2.05) is 0 Å². The predicted octanol–water partition coefficient (Wildman–Crippen LogP) is 2.82. The van der Waals surface area contributed by atoms with Crippen LogP contribution in [-0.4, -0.2) is 13.1 Å². The summed E-state index contributed by atoms with van der Waals surface area (Å²) in [5.41, 5.74) is 0.383. The summed E-state index contributed by atoms with van der Waals surface area (Å²) in [7, 11) is 1.28. The summed E-state index contributed by atoms with van der Waals surface area (Å²) >= 11 is 0. The van der Waals surface area contributed by atoms with E-state index in [2.05, 4.69) is 10.1 Å². The van der Waals surface area contributed by atoms with E-state index in [-0.39, 0.29) is 18.1 Å². The van der Waals surface area contributed by atoms with Crippen molar-refractivity contribution in [3.63, 3.8) is 0 Å². The molecule has 4 nitrogen and oxygen atoms in total. The number of hydrogen-bond donors (Lipinski definition) is 1. The third kappa shape index (κ3) is 2.68. The minimum Gasteiger partial charge on any atom is -0.463 e. The van der Waals surface area contributed by atoms with E-state index in [0.29, 0.717) is 11.4 Å². The zero-order valence-electron chi connectivity index (χ0n) is 9.77. The average molecular weight is 249 g/mol. The number of rotatable bonds is 4. The van der Waals surface area contributed by atoms with Crippen LogP contribution in [0.2, 0.25) is 0 Å². The van der Waals surface area contributed by atoms with Gasteiger partial charge in [-0.2, -0.15) is 0 Å². The van der Waals surface area contributed by atoms with Gasteiger partial charge in [-0.15, -0.1) is 0 Å². The Morgan fingerprint density at radius 2 is 2.11 bits per heavy atom. The van der Waals surface area contributed by atoms with Crippen molar-refractivity contribution in [1.29, 1.82) is 0 Å². The monoisotopic (exact) mass is 249 g/mol. The Balaban J connectivity index is 2.01. The molecule has 0 aliphatic carbocycles. The first-order valence-electron chi connectivity index (χ1n) is 5.36. The summed E-state index contributed by atoms with van der Waals surface area (Å²) in [6.07, 6.45) is 0. The van der Waals surface area contributed by atoms with Gasteiger partial charge < -0.3 is 14.5 Å². The summed E-state index contributed by atoms with van der Waals surface area (Å²) in [5, 5.41) is 2.88. The van der Waals surface area contributed by atoms with Crippen molar-refractivity contribution in [2.24, 2.45) is 0 Å². The molecule has 0 atom stereocenters. The second-order valence-electron chi connectivity index (χ2n) is 3.59. The number of nitrogens with one attached hydrogen (secondary N) is 1. The van der Waals surface area contributed by atoms with E-state index < -0.39 is 5.97 Å². The second-order valence-corrected chi connectivity index (χ2v) is 3.59. The van der Waals surface area contributed by atoms with Gasteiger partial charge in [0.15, 0.2) is 0 Å². The number of methoxy groups -OCH3 is 1. The zero-order chi connectivity index (χ0) is 13.0. The van der Waals surface area contributed by atoms with Gasteiger partial charge in [-0.1, -0.05) is 12.1 Å². The van der Waals surface area contributed by atoms with E-state index in [9.17, 15) is 9.18 Å². The van der Waals surface area contributed by atoms with Crippen LogP contribution in [0, 0.1) is 5.82 Å². The molecule has 1 aromatic heterocycles. The summed E-state index contributed by atoms with van der Waals surface area (Å²) < 4.78 is 23.1. The van der Waals surface area contributed by atoms with Crippen molar-refractivity contribution < 1.29 is 18.3 Å². The normalized spacial score (nSPS) is 10.1. The van der Waals surface area contributed by atoms with E-state index in [1.54, 1.807) is 24.3 Å². The average Bonchev–Trinajstić information content (AvgIpc) is 2.86. The van der Waals surface area contributed by atoms with Crippen LogP contribution in [0.4, 0.5) is 10.1 Å². The molecule has 2 aromatic rings. The van der Waals surface area contributed by atoms with Gasteiger partial charge in [-0.25, -0.2) is 9.18 Å². The summed E-state index contributed by atoms with van der Waals surface area (Å²) in [5.74, 6) is -0.217. The Bertz CT molecular complexity index is 551. The summed E-state index contributed by atoms with van der Waals surface area (Å²) in [4.78, 5) is 11.2. The Morgan fingerprint density at radius 1 is 1.33 bits per heavy atom. The van der Waals surface area contributed by atoms with Crippen LogP contribution in [0.25, 0.3) is 0 Å². The fraction of sp³-hybridized carbons (Fsp3) is 0.154. The molecular weight excluding hydrogens is 237 g/mol. The van der Waals surface area contributed by atoms with Crippen molar-refractivity contribution in [1.82, 2.24) is 0 Å². The lowest BCUT2D eigenvalue weighted by atomic mass is 10.3. The van der Waals surface area contributed by atoms with Crippen molar-refractivity contribution in [2.75, 3.05) is 12.4 Å². The van der Waals surface area contributed by atoms with Gasteiger partial charge in [-0.05, 0) is 24.3 Å². The van der Waals surface area contributed by atoms with Crippen molar-refractivity contribution >= 4 is 11.7 Å². The van der Waals surface area contributed by atoms with E-state index in [4.69, 9.17) is 4.42 Å². The van der Waals surface area contributed by atoms with E-state index in [1.165, 1.54) is 19.2 Å². The molecule has 1 N–H and O–H groups in total. The Labute approximate surface area is 103 Å². The molecule has 0 amide bonds. The number of carbonyl (C=O) groups is 1. The van der Waals surface area contributed by atoms with Gasteiger partial charge in [0, 0.05) is 0 Å². The van der Waals surface area contributed by atoms with E-state index in [0.717, 1.165) is 0 Å². The smallest absolute Gasteiger partial charge is 0.373 e. The predicted molar refractivity (Wildman–Crippen MR) is 63.8 cm³/mol. The fourth-order valence-electron chi connectivity index (χ4n) is 1.47. The zero-order valence-corrected chi connectivity index (χ0v) is 9.77. The highest BCUT2D eigenvalue weighted by atomic mass is 19.1. The molecule has 1 aromatic carbocycles. The van der Waals surface area contributed by atoms with Crippen LogP contribution in [0.3, 0.4) is 0 Å². The quantitative estimate of drug-likeness (QED) is 0.846. The first kappa shape index (κ1) is 12.2. The molecule has 0 saturated carbocycles. The summed E-state index contributed by atoms with van der Waals surface area (Å²) in [6, 6.07) is 9.49. The van der Waals surface area contributed by atoms with Gasteiger partial charge >= 0.3 is 5.97 Å². The maximum Gasteiger partial charge on any atom is 0.373 e. The third-order valence-corrected chi connectivity index (χ3v) is 2.38. The lowest BCUT2D eigenvalue weighted by Gasteiger charge is -2.04. The van der Waals surface area contributed by atoms with Gasteiger partial charge in [0.1, 0.15) is 11.6 Å². The minimum atomic E-state index is -0.535. The first-order chi connectivity index (χ1) is 8.70. The second kappa shape index (κ2) is 5.35. The number of furan rings is 1. The van der Waals surface area contributed by atoms with Crippen LogP contribution in [0.5, 0.6) is 0 Å². The van der Waals surface area contributed by atoms with Gasteiger partial charge in [0.05, 0.1) is 19.3 Å². The number of para-hydroxylation sites is 1. The molecule has 0 unspecified atom stereocenters. The number of esters is 1. The number of anilines is 1. The molecular formula is C13H12FNO3. The Hall–Kier alpha value is -2.30. The lowest BCUT2D eigenvalue weighted by Crippen LogP contribution is -2.01. The molecule has 0 radical (unpaired) electrons. The molecule has 0 aliphatic heterocycles. The third-order valence-electron chi connectivity index (χ3n) is 2.38. The lowest BCUT2D eigenvalue weighted by molar-refractivity contribution is 0.0563. The number of benzene rings is 1. The van der Waals surface area contributed by atoms with E-state index >= 15 is 0 Å². The molecule has 5 heteroatoms. The maximum atomic E-state index is 13.3. The number of hydrogen-bond acceptors (Lipinski definition) is 4. The number of halogens is 1. The highest BCUT2D eigenvalue weighted by Gasteiger charge is 2.11. The molecule has 0 aliphatic rings. The molecule has 94 valence electrons. The molecule has 0 saturated heterocycles. The highest BCUT2D eigenvalue weighted by molar-refractivity contribution is 5.86. The van der Waals surface area contributed by atoms with Crippen LogP contribution in [-0.2, 0) is 11.3 Å². The summed E-state index contributed by atoms with van der Waals surface area (Å²) in [6.45, 7) is 0.290. The number of ether oxygens (including phenoxy) is 1. The van der Waals surface area contributed by atoms with Crippen molar-refractivity contribution in [3.8, 4) is 0 Å². The molecule has 0 spiro atoms. The van der Waals surface area contributed by atoms with Gasteiger partial charge in [-0.3, -0.25) is 0 Å². The van der Waals surface area contributed by atoms with Gasteiger partial charge in [0.2, 0.25) is 5.76 Å². The Kier molecular flexibility index (Phi) is 3.62. The topological polar surface area (TPSA) is 51.5 Å². The maximum absolute atomic E-state index is 13.3. The SMILES string of the molecule is COC(=O)c1ccc(CNc2ccccc2F)o1. The molecule has 0 fully saturated rings. The molecule has 0 bridgehead atoms. The van der Waals surface area contributed by atoms with Crippen LogP contribution >= 0.6 is 0 Å². The van der Waals surface area contributed by atoms with Crippen LogP contribution in [0.1, 0.15) is 16.3 Å². The minimum absolute atomic E-state index is 0.128. The molecule has 18 heavy (non-hydrogen) atoms. The Morgan fingerprint density at radius 3 is 2.83 bits per heavy atom. The molecule has 2 rings (SSSR count). The molecule has 1 heterocycles. The largest absolute Gasteiger partial charge is 0.463 e. The number of carbonyl (C=O) groups excluding carboxylic acids is 1. The fourth-order valence-corrected chi connectivity index (χ4v) is 1.47. The van der Waals surface area contributed by atoms with Gasteiger partial charge in [0.25, 0.3) is 0 Å². The van der Waals surface area contributed by atoms with Crippen LogP contribution < -0.4 is 5.32 Å². The van der Waals surface area contributed by atoms with Crippen molar-refractivity contribution in [2.45, 2.75) is 6.54 Å².